The predicted molar refractivity (Wildman–Crippen MR) is 134 cm³/mol. The van der Waals surface area contributed by atoms with Crippen LogP contribution in [0.2, 0.25) is 0 Å². The highest BCUT2D eigenvalue weighted by molar-refractivity contribution is 5.66. The summed E-state index contributed by atoms with van der Waals surface area (Å²) in [6.45, 7) is 4.34. The first-order valence-corrected chi connectivity index (χ1v) is 13.0. The highest BCUT2D eigenvalue weighted by atomic mass is 19.1. The molecule has 2 aliphatic rings. The van der Waals surface area contributed by atoms with Gasteiger partial charge in [0.05, 0.1) is 0 Å². The van der Waals surface area contributed by atoms with Gasteiger partial charge in [-0.3, -0.25) is 0 Å². The summed E-state index contributed by atoms with van der Waals surface area (Å²) in [7, 11) is 0. The van der Waals surface area contributed by atoms with Crippen LogP contribution in [-0.2, 0) is 12.8 Å². The number of halogens is 3. The van der Waals surface area contributed by atoms with Crippen LogP contribution in [0.15, 0.2) is 48.5 Å². The van der Waals surface area contributed by atoms with Crippen LogP contribution in [0.1, 0.15) is 86.6 Å². The fourth-order valence-electron chi connectivity index (χ4n) is 5.73. The summed E-state index contributed by atoms with van der Waals surface area (Å²) < 4.78 is 50.9. The van der Waals surface area contributed by atoms with E-state index in [2.05, 4.69) is 13.8 Å². The first-order valence-electron chi connectivity index (χ1n) is 13.0. The molecular formula is C31H33F3O. The second-order valence-electron chi connectivity index (χ2n) is 10.4. The van der Waals surface area contributed by atoms with Crippen molar-refractivity contribution in [3.63, 3.8) is 0 Å². The average Bonchev–Trinajstić information content (AvgIpc) is 2.85. The molecule has 1 heterocycles. The molecule has 35 heavy (non-hydrogen) atoms. The zero-order valence-corrected chi connectivity index (χ0v) is 20.5. The van der Waals surface area contributed by atoms with Gasteiger partial charge in [-0.2, -0.15) is 0 Å². The molecule has 3 aromatic rings. The van der Waals surface area contributed by atoms with Gasteiger partial charge in [0, 0.05) is 11.1 Å². The molecule has 4 heteroatoms. The van der Waals surface area contributed by atoms with E-state index in [-0.39, 0.29) is 28.5 Å². The summed E-state index contributed by atoms with van der Waals surface area (Å²) in [5, 5.41) is 0. The van der Waals surface area contributed by atoms with Gasteiger partial charge in [0.2, 0.25) is 0 Å². The largest absolute Gasteiger partial charge is 0.482 e. The Kier molecular flexibility index (Phi) is 6.91. The first kappa shape index (κ1) is 24.0. The van der Waals surface area contributed by atoms with E-state index in [4.69, 9.17) is 4.74 Å². The Morgan fingerprint density at radius 1 is 0.771 bits per heavy atom. The van der Waals surface area contributed by atoms with Gasteiger partial charge in [-0.15, -0.1) is 0 Å². The van der Waals surface area contributed by atoms with Gasteiger partial charge in [-0.05, 0) is 84.4 Å². The highest BCUT2D eigenvalue weighted by Gasteiger charge is 2.26. The third kappa shape index (κ3) is 4.98. The van der Waals surface area contributed by atoms with E-state index in [0.29, 0.717) is 24.3 Å². The monoisotopic (exact) mass is 478 g/mol. The number of rotatable bonds is 5. The van der Waals surface area contributed by atoms with E-state index in [1.165, 1.54) is 25.0 Å². The van der Waals surface area contributed by atoms with Crippen LogP contribution in [0.25, 0.3) is 11.1 Å². The number of hydrogen-bond donors (Lipinski definition) is 0. The lowest BCUT2D eigenvalue weighted by molar-refractivity contribution is 0.167. The maximum absolute atomic E-state index is 15.2. The molecule has 1 fully saturated rings. The number of fused-ring (bicyclic) bond motifs is 1. The van der Waals surface area contributed by atoms with E-state index in [1.54, 1.807) is 24.3 Å². The second-order valence-corrected chi connectivity index (χ2v) is 10.4. The standard InChI is InChI=1S/C31H33F3O/c1-3-4-20-15-24-11-14-30(35-31(24)29(34)16-20)23-10-13-26(28(33)18-23)25-12-9-22(17-27(25)32)21-7-5-19(2)6-8-21/h9-10,12-13,15-19,21,30H,3-8,11,14H2,1-2H3. The Morgan fingerprint density at radius 2 is 1.43 bits per heavy atom. The third-order valence-corrected chi connectivity index (χ3v) is 7.79. The lowest BCUT2D eigenvalue weighted by atomic mass is 9.79. The molecule has 0 bridgehead atoms. The van der Waals surface area contributed by atoms with Gasteiger partial charge in [-0.1, -0.05) is 63.4 Å². The van der Waals surface area contributed by atoms with E-state index in [9.17, 15) is 4.39 Å². The molecule has 0 amide bonds. The fourth-order valence-corrected chi connectivity index (χ4v) is 5.73. The number of benzene rings is 3. The zero-order chi connectivity index (χ0) is 24.5. The van der Waals surface area contributed by atoms with Crippen LogP contribution < -0.4 is 4.74 Å². The van der Waals surface area contributed by atoms with Gasteiger partial charge in [-0.25, -0.2) is 13.2 Å². The van der Waals surface area contributed by atoms with Crippen molar-refractivity contribution < 1.29 is 17.9 Å². The fraction of sp³-hybridized carbons (Fsp3) is 0.419. The first-order chi connectivity index (χ1) is 16.9. The maximum atomic E-state index is 15.2. The van der Waals surface area contributed by atoms with Crippen molar-refractivity contribution in [1.29, 1.82) is 0 Å². The third-order valence-electron chi connectivity index (χ3n) is 7.79. The summed E-state index contributed by atoms with van der Waals surface area (Å²) in [5.41, 5.74) is 4.01. The van der Waals surface area contributed by atoms with Crippen molar-refractivity contribution in [2.75, 3.05) is 0 Å². The number of ether oxygens (including phenoxy) is 1. The molecule has 1 nitrogen and oxygen atoms in total. The molecule has 1 unspecified atom stereocenters. The highest BCUT2D eigenvalue weighted by Crippen LogP contribution is 2.40. The smallest absolute Gasteiger partial charge is 0.165 e. The lowest BCUT2D eigenvalue weighted by Crippen LogP contribution is -2.17. The van der Waals surface area contributed by atoms with Crippen LogP contribution in [0.5, 0.6) is 5.75 Å². The van der Waals surface area contributed by atoms with Crippen molar-refractivity contribution in [2.45, 2.75) is 77.2 Å². The van der Waals surface area contributed by atoms with E-state index in [0.717, 1.165) is 48.3 Å². The Balaban J connectivity index is 1.35. The molecule has 0 N–H and O–H groups in total. The summed E-state index contributed by atoms with van der Waals surface area (Å²) in [5.74, 6) is 0.146. The molecule has 0 spiro atoms. The van der Waals surface area contributed by atoms with Gasteiger partial charge < -0.3 is 4.74 Å². The van der Waals surface area contributed by atoms with Gasteiger partial charge in [0.1, 0.15) is 17.7 Å². The Labute approximate surface area is 206 Å². The van der Waals surface area contributed by atoms with Crippen LogP contribution >= 0.6 is 0 Å². The van der Waals surface area contributed by atoms with E-state index < -0.39 is 11.9 Å². The number of hydrogen-bond acceptors (Lipinski definition) is 1. The van der Waals surface area contributed by atoms with Crippen molar-refractivity contribution in [1.82, 2.24) is 0 Å². The normalized spacial score (nSPS) is 21.9. The minimum absolute atomic E-state index is 0.238. The summed E-state index contributed by atoms with van der Waals surface area (Å²) >= 11 is 0. The molecule has 0 saturated heterocycles. The molecule has 3 aromatic carbocycles. The van der Waals surface area contributed by atoms with Crippen LogP contribution in [0.3, 0.4) is 0 Å². The van der Waals surface area contributed by atoms with Crippen molar-refractivity contribution in [3.05, 3.63) is 88.2 Å². The molecule has 5 rings (SSSR count). The van der Waals surface area contributed by atoms with Gasteiger partial charge >= 0.3 is 0 Å². The Morgan fingerprint density at radius 3 is 2.09 bits per heavy atom. The predicted octanol–water partition coefficient (Wildman–Crippen LogP) is 9.08. The quantitative estimate of drug-likeness (QED) is 0.355. The molecular weight excluding hydrogens is 445 g/mol. The topological polar surface area (TPSA) is 9.23 Å². The molecule has 1 aliphatic carbocycles. The van der Waals surface area contributed by atoms with Crippen molar-refractivity contribution in [3.8, 4) is 16.9 Å². The lowest BCUT2D eigenvalue weighted by Gasteiger charge is -2.27. The molecule has 184 valence electrons. The zero-order valence-electron chi connectivity index (χ0n) is 20.5. The summed E-state index contributed by atoms with van der Waals surface area (Å²) in [4.78, 5) is 0. The molecule has 0 radical (unpaired) electrons. The number of aryl methyl sites for hydroxylation is 2. The Hall–Kier alpha value is -2.75. The second kappa shape index (κ2) is 10.1. The SMILES string of the molecule is CCCc1cc(F)c2c(c1)CCC(c1ccc(-c3ccc(C4CCC(C)CC4)cc3F)c(F)c1)O2. The van der Waals surface area contributed by atoms with Crippen LogP contribution in [-0.4, -0.2) is 0 Å². The van der Waals surface area contributed by atoms with Gasteiger partial charge in [0.25, 0.3) is 0 Å². The maximum Gasteiger partial charge on any atom is 0.165 e. The Bertz CT molecular complexity index is 1210. The molecule has 0 aromatic heterocycles. The van der Waals surface area contributed by atoms with Crippen LogP contribution in [0, 0.1) is 23.4 Å². The molecule has 1 atom stereocenters. The van der Waals surface area contributed by atoms with E-state index >= 15 is 8.78 Å². The summed E-state index contributed by atoms with van der Waals surface area (Å²) in [6.07, 6.45) is 7.16. The van der Waals surface area contributed by atoms with Crippen molar-refractivity contribution >= 4 is 0 Å². The molecule has 1 saturated carbocycles. The van der Waals surface area contributed by atoms with Crippen molar-refractivity contribution in [2.24, 2.45) is 5.92 Å². The van der Waals surface area contributed by atoms with Gasteiger partial charge in [0.15, 0.2) is 11.6 Å². The van der Waals surface area contributed by atoms with E-state index in [1.807, 2.05) is 12.1 Å². The average molecular weight is 479 g/mol. The van der Waals surface area contributed by atoms with Crippen LogP contribution in [0.4, 0.5) is 13.2 Å². The summed E-state index contributed by atoms with van der Waals surface area (Å²) in [6, 6.07) is 13.6. The minimum Gasteiger partial charge on any atom is -0.482 e. The minimum atomic E-state index is -0.492. The molecule has 1 aliphatic heterocycles.